The van der Waals surface area contributed by atoms with Crippen molar-refractivity contribution in [2.24, 2.45) is 0 Å². The lowest BCUT2D eigenvalue weighted by atomic mass is 9.98. The molecular formula is C15H22Cl2N2O2. The maximum atomic E-state index is 12.0. The van der Waals surface area contributed by atoms with Crippen LogP contribution in [0.1, 0.15) is 18.4 Å². The Bertz CT molecular complexity index is 445. The fraction of sp³-hybridized carbons (Fsp3) is 0.533. The van der Waals surface area contributed by atoms with Crippen molar-refractivity contribution in [1.82, 2.24) is 10.6 Å². The van der Waals surface area contributed by atoms with Crippen LogP contribution in [0.3, 0.4) is 0 Å². The van der Waals surface area contributed by atoms with Gasteiger partial charge in [-0.3, -0.25) is 4.79 Å². The first-order valence-electron chi connectivity index (χ1n) is 6.89. The van der Waals surface area contributed by atoms with Crippen LogP contribution in [0.15, 0.2) is 24.3 Å². The van der Waals surface area contributed by atoms with Gasteiger partial charge in [-0.25, -0.2) is 0 Å². The van der Waals surface area contributed by atoms with Crippen LogP contribution in [0, 0.1) is 0 Å². The largest absolute Gasteiger partial charge is 0.383 e. The average molecular weight is 333 g/mol. The van der Waals surface area contributed by atoms with E-state index in [9.17, 15) is 4.79 Å². The van der Waals surface area contributed by atoms with E-state index in [0.717, 1.165) is 24.9 Å². The molecule has 1 amide bonds. The molecule has 0 bridgehead atoms. The van der Waals surface area contributed by atoms with Crippen LogP contribution in [-0.2, 0) is 16.0 Å². The first-order valence-corrected chi connectivity index (χ1v) is 7.26. The summed E-state index contributed by atoms with van der Waals surface area (Å²) in [6.07, 6.45) is 2.53. The van der Waals surface area contributed by atoms with Crippen LogP contribution < -0.4 is 10.6 Å². The van der Waals surface area contributed by atoms with Crippen LogP contribution in [0.2, 0.25) is 5.02 Å². The SMILES string of the molecule is COCC1(CNC(=O)Cc2ccc(Cl)cc2)CCCN1.Cl. The Hall–Kier alpha value is -0.810. The van der Waals surface area contributed by atoms with Crippen LogP contribution in [0.4, 0.5) is 0 Å². The monoisotopic (exact) mass is 332 g/mol. The third-order valence-electron chi connectivity index (χ3n) is 3.65. The van der Waals surface area contributed by atoms with Crippen LogP contribution in [0.25, 0.3) is 0 Å². The van der Waals surface area contributed by atoms with Crippen molar-refractivity contribution < 1.29 is 9.53 Å². The molecule has 1 heterocycles. The lowest BCUT2D eigenvalue weighted by Crippen LogP contribution is -2.53. The van der Waals surface area contributed by atoms with E-state index in [-0.39, 0.29) is 23.9 Å². The fourth-order valence-electron chi connectivity index (χ4n) is 2.59. The highest BCUT2D eigenvalue weighted by molar-refractivity contribution is 6.30. The van der Waals surface area contributed by atoms with E-state index in [1.54, 1.807) is 19.2 Å². The van der Waals surface area contributed by atoms with Crippen LogP contribution in [0.5, 0.6) is 0 Å². The minimum absolute atomic E-state index is 0. The molecule has 2 N–H and O–H groups in total. The molecule has 0 aromatic heterocycles. The topological polar surface area (TPSA) is 50.4 Å². The standard InChI is InChI=1S/C15H21ClN2O2.ClH/c1-20-11-15(7-2-8-18-15)10-17-14(19)9-12-3-5-13(16)6-4-12;/h3-6,18H,2,7-11H2,1H3,(H,17,19);1H. The third kappa shape index (κ3) is 5.47. The second-order valence-electron chi connectivity index (χ2n) is 5.32. The normalized spacial score (nSPS) is 20.9. The number of hydrogen-bond donors (Lipinski definition) is 2. The summed E-state index contributed by atoms with van der Waals surface area (Å²) in [5.74, 6) is 0.0245. The number of hydrogen-bond acceptors (Lipinski definition) is 3. The van der Waals surface area contributed by atoms with Gasteiger partial charge in [0.15, 0.2) is 0 Å². The summed E-state index contributed by atoms with van der Waals surface area (Å²) < 4.78 is 5.26. The molecule has 118 valence electrons. The Morgan fingerprint density at radius 2 is 2.14 bits per heavy atom. The number of amides is 1. The minimum Gasteiger partial charge on any atom is -0.383 e. The summed E-state index contributed by atoms with van der Waals surface area (Å²) in [5.41, 5.74) is 0.858. The summed E-state index contributed by atoms with van der Waals surface area (Å²) >= 11 is 5.83. The van der Waals surface area contributed by atoms with Crippen LogP contribution >= 0.6 is 24.0 Å². The lowest BCUT2D eigenvalue weighted by Gasteiger charge is -2.29. The molecule has 0 saturated carbocycles. The van der Waals surface area contributed by atoms with Gasteiger partial charge in [0.2, 0.25) is 5.91 Å². The van der Waals surface area contributed by atoms with Crippen molar-refractivity contribution in [3.05, 3.63) is 34.9 Å². The van der Waals surface area contributed by atoms with Crippen molar-refractivity contribution in [1.29, 1.82) is 0 Å². The molecule has 1 saturated heterocycles. The quantitative estimate of drug-likeness (QED) is 0.839. The molecule has 21 heavy (non-hydrogen) atoms. The van der Waals surface area contributed by atoms with Crippen molar-refractivity contribution >= 4 is 29.9 Å². The predicted molar refractivity (Wildman–Crippen MR) is 87.3 cm³/mol. The fourth-order valence-corrected chi connectivity index (χ4v) is 2.71. The first kappa shape index (κ1) is 18.2. The third-order valence-corrected chi connectivity index (χ3v) is 3.91. The second-order valence-corrected chi connectivity index (χ2v) is 5.76. The lowest BCUT2D eigenvalue weighted by molar-refractivity contribution is -0.120. The van der Waals surface area contributed by atoms with Gasteiger partial charge in [0.05, 0.1) is 18.6 Å². The molecular weight excluding hydrogens is 311 g/mol. The molecule has 0 aliphatic carbocycles. The van der Waals surface area contributed by atoms with Gasteiger partial charge in [-0.15, -0.1) is 12.4 Å². The van der Waals surface area contributed by atoms with Gasteiger partial charge in [-0.05, 0) is 37.1 Å². The van der Waals surface area contributed by atoms with Crippen LogP contribution in [-0.4, -0.2) is 38.3 Å². The number of ether oxygens (including phenoxy) is 1. The Morgan fingerprint density at radius 3 is 2.71 bits per heavy atom. The molecule has 4 nitrogen and oxygen atoms in total. The summed E-state index contributed by atoms with van der Waals surface area (Å²) in [7, 11) is 1.69. The molecule has 1 atom stereocenters. The molecule has 6 heteroatoms. The number of benzene rings is 1. The zero-order valence-corrected chi connectivity index (χ0v) is 13.7. The smallest absolute Gasteiger partial charge is 0.224 e. The van der Waals surface area contributed by atoms with E-state index in [2.05, 4.69) is 10.6 Å². The summed E-state index contributed by atoms with van der Waals surface area (Å²) in [6.45, 7) is 2.21. The number of halogens is 2. The maximum Gasteiger partial charge on any atom is 0.224 e. The summed E-state index contributed by atoms with van der Waals surface area (Å²) in [5, 5.41) is 7.12. The zero-order chi connectivity index (χ0) is 14.4. The number of methoxy groups -OCH3 is 1. The van der Waals surface area contributed by atoms with E-state index >= 15 is 0 Å². The highest BCUT2D eigenvalue weighted by Crippen LogP contribution is 2.18. The summed E-state index contributed by atoms with van der Waals surface area (Å²) in [4.78, 5) is 12.0. The van der Waals surface area contributed by atoms with Gasteiger partial charge in [0, 0.05) is 18.7 Å². The maximum absolute atomic E-state index is 12.0. The second kappa shape index (κ2) is 8.59. The molecule has 1 aromatic rings. The predicted octanol–water partition coefficient (Wildman–Crippen LogP) is 2.19. The number of carbonyl (C=O) groups excluding carboxylic acids is 1. The van der Waals surface area contributed by atoms with E-state index < -0.39 is 0 Å². The Labute approximate surface area is 137 Å². The zero-order valence-electron chi connectivity index (χ0n) is 12.2. The molecule has 0 radical (unpaired) electrons. The first-order chi connectivity index (χ1) is 9.63. The van der Waals surface area contributed by atoms with E-state index in [1.165, 1.54) is 0 Å². The van der Waals surface area contributed by atoms with Gasteiger partial charge in [0.25, 0.3) is 0 Å². The van der Waals surface area contributed by atoms with Gasteiger partial charge in [-0.1, -0.05) is 23.7 Å². The molecule has 2 rings (SSSR count). The molecule has 0 spiro atoms. The molecule has 1 unspecified atom stereocenters. The molecule has 1 aliphatic heterocycles. The minimum atomic E-state index is -0.107. The van der Waals surface area contributed by atoms with Gasteiger partial charge < -0.3 is 15.4 Å². The van der Waals surface area contributed by atoms with Gasteiger partial charge in [-0.2, -0.15) is 0 Å². The molecule has 1 aromatic carbocycles. The average Bonchev–Trinajstić information content (AvgIpc) is 2.89. The Morgan fingerprint density at radius 1 is 1.43 bits per heavy atom. The van der Waals surface area contributed by atoms with Crippen molar-refractivity contribution in [3.8, 4) is 0 Å². The van der Waals surface area contributed by atoms with E-state index in [4.69, 9.17) is 16.3 Å². The highest BCUT2D eigenvalue weighted by atomic mass is 35.5. The molecule has 1 aliphatic rings. The summed E-state index contributed by atoms with van der Waals surface area (Å²) in [6, 6.07) is 7.35. The van der Waals surface area contributed by atoms with E-state index in [1.807, 2.05) is 12.1 Å². The van der Waals surface area contributed by atoms with Crippen molar-refractivity contribution in [2.45, 2.75) is 24.8 Å². The van der Waals surface area contributed by atoms with E-state index in [0.29, 0.717) is 24.6 Å². The molecule has 1 fully saturated rings. The Balaban J connectivity index is 0.00000220. The Kier molecular flexibility index (Phi) is 7.46. The van der Waals surface area contributed by atoms with Crippen molar-refractivity contribution in [2.75, 3.05) is 26.8 Å². The van der Waals surface area contributed by atoms with Crippen molar-refractivity contribution in [3.63, 3.8) is 0 Å². The highest BCUT2D eigenvalue weighted by Gasteiger charge is 2.33. The number of carbonyl (C=O) groups is 1. The number of rotatable bonds is 6. The number of nitrogens with one attached hydrogen (secondary N) is 2. The van der Waals surface area contributed by atoms with Gasteiger partial charge in [0.1, 0.15) is 0 Å². The van der Waals surface area contributed by atoms with Gasteiger partial charge >= 0.3 is 0 Å².